The van der Waals surface area contributed by atoms with Crippen LogP contribution in [0.2, 0.25) is 0 Å². The van der Waals surface area contributed by atoms with Crippen molar-refractivity contribution >= 4 is 5.69 Å². The van der Waals surface area contributed by atoms with Crippen molar-refractivity contribution in [3.05, 3.63) is 11.9 Å². The number of rotatable bonds is 2. The molecule has 4 heteroatoms. The summed E-state index contributed by atoms with van der Waals surface area (Å²) in [4.78, 5) is 0. The fraction of sp³-hybridized carbons (Fsp3) is 0.750. The SMILES string of the molecule is Cc1nn(C)cc1NC1CCOC(C)(C)C1. The highest BCUT2D eigenvalue weighted by molar-refractivity contribution is 5.46. The summed E-state index contributed by atoms with van der Waals surface area (Å²) in [5, 5.41) is 7.90. The predicted molar refractivity (Wildman–Crippen MR) is 64.6 cm³/mol. The van der Waals surface area contributed by atoms with Crippen LogP contribution in [-0.4, -0.2) is 28.0 Å². The van der Waals surface area contributed by atoms with E-state index in [1.165, 1.54) is 0 Å². The molecule has 1 aliphatic heterocycles. The van der Waals surface area contributed by atoms with E-state index in [0.29, 0.717) is 6.04 Å². The summed E-state index contributed by atoms with van der Waals surface area (Å²) in [6.07, 6.45) is 4.15. The topological polar surface area (TPSA) is 39.1 Å². The van der Waals surface area contributed by atoms with Crippen LogP contribution >= 0.6 is 0 Å². The Balaban J connectivity index is 2.02. The zero-order chi connectivity index (χ0) is 11.8. The lowest BCUT2D eigenvalue weighted by molar-refractivity contribution is -0.0553. The molecule has 1 aromatic rings. The van der Waals surface area contributed by atoms with Gasteiger partial charge in [0.15, 0.2) is 0 Å². The first-order chi connectivity index (χ1) is 7.46. The summed E-state index contributed by atoms with van der Waals surface area (Å²) >= 11 is 0. The first-order valence-corrected chi connectivity index (χ1v) is 5.87. The van der Waals surface area contributed by atoms with Crippen LogP contribution < -0.4 is 5.32 Å². The van der Waals surface area contributed by atoms with Gasteiger partial charge in [-0.2, -0.15) is 5.10 Å². The molecule has 1 unspecified atom stereocenters. The van der Waals surface area contributed by atoms with Crippen molar-refractivity contribution in [3.63, 3.8) is 0 Å². The van der Waals surface area contributed by atoms with Crippen LogP contribution in [0, 0.1) is 6.92 Å². The van der Waals surface area contributed by atoms with E-state index in [1.54, 1.807) is 0 Å². The quantitative estimate of drug-likeness (QED) is 0.834. The van der Waals surface area contributed by atoms with E-state index in [9.17, 15) is 0 Å². The molecule has 0 amide bonds. The fourth-order valence-electron chi connectivity index (χ4n) is 2.32. The van der Waals surface area contributed by atoms with Gasteiger partial charge in [0, 0.05) is 25.9 Å². The van der Waals surface area contributed by atoms with Gasteiger partial charge in [-0.1, -0.05) is 0 Å². The number of aromatic nitrogens is 2. The average Bonchev–Trinajstić information content (AvgIpc) is 2.43. The molecule has 0 aromatic carbocycles. The fourth-order valence-corrected chi connectivity index (χ4v) is 2.32. The third-order valence-electron chi connectivity index (χ3n) is 3.07. The maximum atomic E-state index is 5.71. The molecule has 0 saturated carbocycles. The Morgan fingerprint density at radius 2 is 2.31 bits per heavy atom. The normalized spacial score (nSPS) is 24.4. The highest BCUT2D eigenvalue weighted by atomic mass is 16.5. The van der Waals surface area contributed by atoms with Gasteiger partial charge in [-0.3, -0.25) is 4.68 Å². The Kier molecular flexibility index (Phi) is 2.93. The molecule has 1 aliphatic rings. The standard InChI is InChI=1S/C12H21N3O/c1-9-11(8-15(4)14-9)13-10-5-6-16-12(2,3)7-10/h8,10,13H,5-7H2,1-4H3. The number of aryl methyl sites for hydroxylation is 2. The van der Waals surface area contributed by atoms with Crippen LogP contribution in [0.25, 0.3) is 0 Å². The molecule has 16 heavy (non-hydrogen) atoms. The Morgan fingerprint density at radius 1 is 1.56 bits per heavy atom. The summed E-state index contributed by atoms with van der Waals surface area (Å²) in [6.45, 7) is 7.17. The van der Waals surface area contributed by atoms with E-state index >= 15 is 0 Å². The molecule has 1 atom stereocenters. The molecule has 0 spiro atoms. The molecule has 1 saturated heterocycles. The van der Waals surface area contributed by atoms with Crippen LogP contribution in [0.15, 0.2) is 6.20 Å². The number of ether oxygens (including phenoxy) is 1. The molecule has 1 fully saturated rings. The van der Waals surface area contributed by atoms with Gasteiger partial charge < -0.3 is 10.1 Å². The van der Waals surface area contributed by atoms with Crippen molar-refractivity contribution in [2.45, 2.75) is 45.3 Å². The van der Waals surface area contributed by atoms with Crippen LogP contribution in [-0.2, 0) is 11.8 Å². The summed E-state index contributed by atoms with van der Waals surface area (Å²) in [7, 11) is 1.95. The first kappa shape index (κ1) is 11.5. The molecule has 0 bridgehead atoms. The molecule has 4 nitrogen and oxygen atoms in total. The number of hydrogen-bond acceptors (Lipinski definition) is 3. The van der Waals surface area contributed by atoms with Gasteiger partial charge in [-0.15, -0.1) is 0 Å². The Morgan fingerprint density at radius 3 is 2.88 bits per heavy atom. The number of nitrogens with one attached hydrogen (secondary N) is 1. The van der Waals surface area contributed by atoms with Gasteiger partial charge in [-0.05, 0) is 33.6 Å². The second kappa shape index (κ2) is 4.09. The molecule has 1 aromatic heterocycles. The van der Waals surface area contributed by atoms with Crippen molar-refractivity contribution in [3.8, 4) is 0 Å². The molecule has 1 N–H and O–H groups in total. The number of anilines is 1. The molecule has 90 valence electrons. The van der Waals surface area contributed by atoms with Crippen molar-refractivity contribution < 1.29 is 4.74 Å². The maximum Gasteiger partial charge on any atom is 0.0825 e. The molecule has 2 heterocycles. The smallest absolute Gasteiger partial charge is 0.0825 e. The monoisotopic (exact) mass is 223 g/mol. The summed E-state index contributed by atoms with van der Waals surface area (Å²) in [6, 6.07) is 0.492. The minimum Gasteiger partial charge on any atom is -0.379 e. The highest BCUT2D eigenvalue weighted by Crippen LogP contribution is 2.26. The van der Waals surface area contributed by atoms with Crippen LogP contribution in [0.3, 0.4) is 0 Å². The first-order valence-electron chi connectivity index (χ1n) is 5.87. The highest BCUT2D eigenvalue weighted by Gasteiger charge is 2.29. The Labute approximate surface area is 97.0 Å². The second-order valence-corrected chi connectivity index (χ2v) is 5.24. The molecule has 0 radical (unpaired) electrons. The van der Waals surface area contributed by atoms with Gasteiger partial charge in [0.1, 0.15) is 0 Å². The second-order valence-electron chi connectivity index (χ2n) is 5.24. The molecular formula is C12H21N3O. The maximum absolute atomic E-state index is 5.71. The lowest BCUT2D eigenvalue weighted by Crippen LogP contribution is -2.40. The summed E-state index contributed by atoms with van der Waals surface area (Å²) in [5.74, 6) is 0. The predicted octanol–water partition coefficient (Wildman–Crippen LogP) is 2.10. The summed E-state index contributed by atoms with van der Waals surface area (Å²) < 4.78 is 7.56. The number of hydrogen-bond donors (Lipinski definition) is 1. The lowest BCUT2D eigenvalue weighted by Gasteiger charge is -2.36. The van der Waals surface area contributed by atoms with E-state index in [-0.39, 0.29) is 5.60 Å². The zero-order valence-electron chi connectivity index (χ0n) is 10.6. The van der Waals surface area contributed by atoms with Crippen LogP contribution in [0.4, 0.5) is 5.69 Å². The van der Waals surface area contributed by atoms with Crippen molar-refractivity contribution in [1.82, 2.24) is 9.78 Å². The zero-order valence-corrected chi connectivity index (χ0v) is 10.6. The van der Waals surface area contributed by atoms with Crippen molar-refractivity contribution in [2.75, 3.05) is 11.9 Å². The van der Waals surface area contributed by atoms with E-state index in [1.807, 2.05) is 24.9 Å². The van der Waals surface area contributed by atoms with Gasteiger partial charge in [0.05, 0.1) is 17.0 Å². The van der Waals surface area contributed by atoms with Gasteiger partial charge in [0.2, 0.25) is 0 Å². The average molecular weight is 223 g/mol. The molecule has 2 rings (SSSR count). The van der Waals surface area contributed by atoms with E-state index in [4.69, 9.17) is 4.74 Å². The third-order valence-corrected chi connectivity index (χ3v) is 3.07. The molecule has 0 aliphatic carbocycles. The number of nitrogens with zero attached hydrogens (tertiary/aromatic N) is 2. The lowest BCUT2D eigenvalue weighted by atomic mass is 9.94. The van der Waals surface area contributed by atoms with Gasteiger partial charge in [0.25, 0.3) is 0 Å². The van der Waals surface area contributed by atoms with Crippen LogP contribution in [0.1, 0.15) is 32.4 Å². The summed E-state index contributed by atoms with van der Waals surface area (Å²) in [5.41, 5.74) is 2.20. The van der Waals surface area contributed by atoms with E-state index in [0.717, 1.165) is 30.8 Å². The minimum atomic E-state index is -0.00791. The van der Waals surface area contributed by atoms with E-state index < -0.39 is 0 Å². The van der Waals surface area contributed by atoms with Crippen molar-refractivity contribution in [2.24, 2.45) is 7.05 Å². The largest absolute Gasteiger partial charge is 0.379 e. The van der Waals surface area contributed by atoms with Crippen LogP contribution in [0.5, 0.6) is 0 Å². The van der Waals surface area contributed by atoms with Crippen molar-refractivity contribution in [1.29, 1.82) is 0 Å². The Hall–Kier alpha value is -1.03. The minimum absolute atomic E-state index is 0.00791. The third kappa shape index (κ3) is 2.55. The van der Waals surface area contributed by atoms with Gasteiger partial charge >= 0.3 is 0 Å². The van der Waals surface area contributed by atoms with E-state index in [2.05, 4.69) is 24.3 Å². The van der Waals surface area contributed by atoms with Gasteiger partial charge in [-0.25, -0.2) is 0 Å². The molecular weight excluding hydrogens is 202 g/mol. The Bertz CT molecular complexity index is 370.